The molecule has 0 radical (unpaired) electrons. The number of carbonyl (C=O) groups is 2. The van der Waals surface area contributed by atoms with Gasteiger partial charge in [-0.15, -0.1) is 0 Å². The van der Waals surface area contributed by atoms with E-state index in [0.29, 0.717) is 18.7 Å². The topological polar surface area (TPSA) is 69.6 Å². The molecule has 0 aliphatic carbocycles. The minimum Gasteiger partial charge on any atom is -0.481 e. The molecule has 1 aliphatic heterocycles. The average molecular weight is 266 g/mol. The van der Waals surface area contributed by atoms with Crippen molar-refractivity contribution in [1.82, 2.24) is 5.32 Å². The van der Waals surface area contributed by atoms with Crippen molar-refractivity contribution < 1.29 is 19.1 Å². The lowest BCUT2D eigenvalue weighted by Gasteiger charge is -2.37. The lowest BCUT2D eigenvalue weighted by Crippen LogP contribution is -2.54. The van der Waals surface area contributed by atoms with E-state index in [1.807, 2.05) is 0 Å². The number of anilines is 1. The maximum absolute atomic E-state index is 13.2. The van der Waals surface area contributed by atoms with Crippen LogP contribution in [0.4, 0.5) is 10.1 Å². The molecule has 1 aromatic carbocycles. The maximum atomic E-state index is 13.2. The number of piperazine rings is 1. The number of hydrogen-bond donors (Lipinski definition) is 2. The van der Waals surface area contributed by atoms with Gasteiger partial charge in [0.05, 0.1) is 6.54 Å². The lowest BCUT2D eigenvalue weighted by molar-refractivity contribution is -0.137. The molecule has 1 aromatic rings. The fraction of sp³-hybridized carbons (Fsp3) is 0.385. The van der Waals surface area contributed by atoms with Crippen LogP contribution in [0.15, 0.2) is 24.3 Å². The van der Waals surface area contributed by atoms with Crippen molar-refractivity contribution in [2.45, 2.75) is 18.9 Å². The van der Waals surface area contributed by atoms with E-state index in [0.717, 1.165) is 0 Å². The van der Waals surface area contributed by atoms with Gasteiger partial charge in [-0.3, -0.25) is 9.59 Å². The fourth-order valence-corrected chi connectivity index (χ4v) is 2.19. The van der Waals surface area contributed by atoms with Crippen LogP contribution < -0.4 is 10.2 Å². The van der Waals surface area contributed by atoms with Crippen LogP contribution in [0.25, 0.3) is 0 Å². The number of aliphatic carboxylic acids is 1. The summed E-state index contributed by atoms with van der Waals surface area (Å²) in [6.45, 7) is 0.496. The number of nitrogens with one attached hydrogen (secondary N) is 1. The van der Waals surface area contributed by atoms with Crippen LogP contribution in [0, 0.1) is 5.82 Å². The van der Waals surface area contributed by atoms with Crippen molar-refractivity contribution in [3.8, 4) is 0 Å². The van der Waals surface area contributed by atoms with E-state index in [1.165, 1.54) is 12.1 Å². The molecule has 19 heavy (non-hydrogen) atoms. The van der Waals surface area contributed by atoms with Gasteiger partial charge in [-0.1, -0.05) is 6.07 Å². The van der Waals surface area contributed by atoms with Gasteiger partial charge in [0.2, 0.25) is 5.91 Å². The summed E-state index contributed by atoms with van der Waals surface area (Å²) in [7, 11) is 0. The van der Waals surface area contributed by atoms with Gasteiger partial charge in [0.1, 0.15) is 5.82 Å². The summed E-state index contributed by atoms with van der Waals surface area (Å²) < 4.78 is 13.2. The molecule has 6 heteroatoms. The Balaban J connectivity index is 2.16. The molecule has 1 fully saturated rings. The molecule has 1 amide bonds. The number of benzene rings is 1. The zero-order valence-electron chi connectivity index (χ0n) is 10.3. The molecular formula is C13H15FN2O3. The van der Waals surface area contributed by atoms with Crippen LogP contribution in [0.5, 0.6) is 0 Å². The minimum absolute atomic E-state index is 0.0202. The normalized spacial score (nSPS) is 19.1. The molecule has 1 atom stereocenters. The number of carboxylic acid groups (broad SMARTS) is 1. The molecule has 2 N–H and O–H groups in total. The zero-order valence-corrected chi connectivity index (χ0v) is 10.3. The predicted octanol–water partition coefficient (Wildman–Crippen LogP) is 0.995. The SMILES string of the molecule is O=C(O)CCC1CNC(=O)CN1c1cccc(F)c1. The molecule has 2 rings (SSSR count). The van der Waals surface area contributed by atoms with Gasteiger partial charge in [0.15, 0.2) is 0 Å². The number of amides is 1. The maximum Gasteiger partial charge on any atom is 0.303 e. The van der Waals surface area contributed by atoms with Crippen LogP contribution in [-0.2, 0) is 9.59 Å². The van der Waals surface area contributed by atoms with Gasteiger partial charge < -0.3 is 15.3 Å². The second-order valence-corrected chi connectivity index (χ2v) is 4.50. The van der Waals surface area contributed by atoms with Gasteiger partial charge in [-0.25, -0.2) is 4.39 Å². The van der Waals surface area contributed by atoms with E-state index >= 15 is 0 Å². The average Bonchev–Trinajstić information content (AvgIpc) is 2.37. The molecule has 102 valence electrons. The van der Waals surface area contributed by atoms with Crippen LogP contribution >= 0.6 is 0 Å². The van der Waals surface area contributed by atoms with Crippen LogP contribution in [-0.4, -0.2) is 36.1 Å². The van der Waals surface area contributed by atoms with E-state index in [4.69, 9.17) is 5.11 Å². The first-order valence-corrected chi connectivity index (χ1v) is 6.07. The largest absolute Gasteiger partial charge is 0.481 e. The Morgan fingerprint density at radius 1 is 1.53 bits per heavy atom. The van der Waals surface area contributed by atoms with E-state index < -0.39 is 5.97 Å². The highest BCUT2D eigenvalue weighted by Gasteiger charge is 2.27. The van der Waals surface area contributed by atoms with Crippen molar-refractivity contribution in [3.05, 3.63) is 30.1 Å². The van der Waals surface area contributed by atoms with Crippen molar-refractivity contribution in [2.75, 3.05) is 18.0 Å². The van der Waals surface area contributed by atoms with Crippen molar-refractivity contribution in [2.24, 2.45) is 0 Å². The Morgan fingerprint density at radius 2 is 2.32 bits per heavy atom. The van der Waals surface area contributed by atoms with Gasteiger partial charge in [-0.2, -0.15) is 0 Å². The van der Waals surface area contributed by atoms with Gasteiger partial charge in [-0.05, 0) is 24.6 Å². The Labute approximate surface area is 110 Å². The number of halogens is 1. The summed E-state index contributed by atoms with van der Waals surface area (Å²) in [5.41, 5.74) is 0.602. The molecular weight excluding hydrogens is 251 g/mol. The number of nitrogens with zero attached hydrogens (tertiary/aromatic N) is 1. The summed E-state index contributed by atoms with van der Waals surface area (Å²) in [6, 6.07) is 5.85. The highest BCUT2D eigenvalue weighted by atomic mass is 19.1. The Bertz CT molecular complexity index is 493. The molecule has 0 bridgehead atoms. The molecule has 0 spiro atoms. The third kappa shape index (κ3) is 3.43. The zero-order chi connectivity index (χ0) is 13.8. The third-order valence-corrected chi connectivity index (χ3v) is 3.12. The third-order valence-electron chi connectivity index (χ3n) is 3.12. The second-order valence-electron chi connectivity index (χ2n) is 4.50. The predicted molar refractivity (Wildman–Crippen MR) is 67.4 cm³/mol. The second kappa shape index (κ2) is 5.69. The fourth-order valence-electron chi connectivity index (χ4n) is 2.19. The standard InChI is InChI=1S/C13H15FN2O3/c14-9-2-1-3-10(6-9)16-8-12(17)15-7-11(16)4-5-13(18)19/h1-3,6,11H,4-5,7-8H2,(H,15,17)(H,18,19). The lowest BCUT2D eigenvalue weighted by atomic mass is 10.1. The summed E-state index contributed by atoms with van der Waals surface area (Å²) >= 11 is 0. The van der Waals surface area contributed by atoms with E-state index in [2.05, 4.69) is 5.32 Å². The molecule has 1 saturated heterocycles. The highest BCUT2D eigenvalue weighted by molar-refractivity contribution is 5.83. The Hall–Kier alpha value is -2.11. The smallest absolute Gasteiger partial charge is 0.303 e. The van der Waals surface area contributed by atoms with Crippen LogP contribution in [0.1, 0.15) is 12.8 Å². The number of carbonyl (C=O) groups excluding carboxylic acids is 1. The summed E-state index contributed by atoms with van der Waals surface area (Å²) in [4.78, 5) is 23.8. The highest BCUT2D eigenvalue weighted by Crippen LogP contribution is 2.21. The quantitative estimate of drug-likeness (QED) is 0.853. The minimum atomic E-state index is -0.879. The molecule has 5 nitrogen and oxygen atoms in total. The molecule has 0 aromatic heterocycles. The molecule has 0 saturated carbocycles. The number of hydrogen-bond acceptors (Lipinski definition) is 3. The molecule has 1 aliphatic rings. The summed E-state index contributed by atoms with van der Waals surface area (Å²) in [5, 5.41) is 11.4. The van der Waals surface area contributed by atoms with E-state index in [1.54, 1.807) is 17.0 Å². The van der Waals surface area contributed by atoms with Crippen LogP contribution in [0.2, 0.25) is 0 Å². The monoisotopic (exact) mass is 266 g/mol. The Morgan fingerprint density at radius 3 is 3.00 bits per heavy atom. The first-order chi connectivity index (χ1) is 9.06. The first-order valence-electron chi connectivity index (χ1n) is 6.07. The van der Waals surface area contributed by atoms with Crippen molar-refractivity contribution in [3.63, 3.8) is 0 Å². The van der Waals surface area contributed by atoms with Gasteiger partial charge >= 0.3 is 5.97 Å². The van der Waals surface area contributed by atoms with Crippen molar-refractivity contribution >= 4 is 17.6 Å². The van der Waals surface area contributed by atoms with Crippen LogP contribution in [0.3, 0.4) is 0 Å². The first kappa shape index (κ1) is 13.3. The van der Waals surface area contributed by atoms with E-state index in [-0.39, 0.29) is 30.7 Å². The number of rotatable bonds is 4. The summed E-state index contributed by atoms with van der Waals surface area (Å²) in [5.74, 6) is -1.40. The number of carboxylic acids is 1. The molecule has 1 heterocycles. The van der Waals surface area contributed by atoms with Crippen molar-refractivity contribution in [1.29, 1.82) is 0 Å². The van der Waals surface area contributed by atoms with E-state index in [9.17, 15) is 14.0 Å². The summed E-state index contributed by atoms with van der Waals surface area (Å²) in [6.07, 6.45) is 0.429. The molecule has 1 unspecified atom stereocenters. The Kier molecular flexibility index (Phi) is 3.99. The van der Waals surface area contributed by atoms with Gasteiger partial charge in [0.25, 0.3) is 0 Å². The van der Waals surface area contributed by atoms with Gasteiger partial charge in [0, 0.05) is 24.7 Å².